The highest BCUT2D eigenvalue weighted by Crippen LogP contribution is 2.57. The van der Waals surface area contributed by atoms with Crippen molar-refractivity contribution in [1.82, 2.24) is 5.32 Å². The van der Waals surface area contributed by atoms with Crippen LogP contribution in [0.3, 0.4) is 0 Å². The number of nitrogens with zero attached hydrogens (tertiary/aromatic N) is 2. The lowest BCUT2D eigenvalue weighted by Crippen LogP contribution is -2.34. The molecule has 0 saturated carbocycles. The molecule has 2 aliphatic heterocycles. The van der Waals surface area contributed by atoms with Gasteiger partial charge in [-0.2, -0.15) is 0 Å². The Morgan fingerprint density at radius 1 is 0.778 bits per heavy atom. The van der Waals surface area contributed by atoms with Crippen LogP contribution in [0.15, 0.2) is 54.6 Å². The molecule has 0 fully saturated rings. The summed E-state index contributed by atoms with van der Waals surface area (Å²) in [6.07, 6.45) is 4.30. The maximum absolute atomic E-state index is 13.4. The van der Waals surface area contributed by atoms with Gasteiger partial charge in [0.25, 0.3) is 5.91 Å². The van der Waals surface area contributed by atoms with Crippen LogP contribution in [0.2, 0.25) is 0 Å². The Morgan fingerprint density at radius 3 is 2.02 bits per heavy atom. The molecule has 2 heterocycles. The standard InChI is InChI=1S/C35H42ClN3O6/c1-38(2)25-10-13-28-31(22-25)44-32-23-26(39(3)4)11-14-29(32)35(28)30-21-24(9-12-27(30)34(41)45-35)33(40)37-16-18-43-20-19-42-17-8-6-5-7-15-36/h9-14,21-23H,5-8,15-20H2,1-4H3,(H,37,40). The number of hydrogen-bond acceptors (Lipinski definition) is 8. The van der Waals surface area contributed by atoms with Gasteiger partial charge in [-0.3, -0.25) is 4.79 Å². The van der Waals surface area contributed by atoms with Crippen molar-refractivity contribution in [2.75, 3.05) is 76.8 Å². The van der Waals surface area contributed by atoms with Gasteiger partial charge in [0, 0.05) is 93.0 Å². The minimum absolute atomic E-state index is 0.262. The lowest BCUT2D eigenvalue weighted by atomic mass is 9.77. The lowest BCUT2D eigenvalue weighted by Gasteiger charge is -2.37. The van der Waals surface area contributed by atoms with Crippen LogP contribution in [-0.2, 0) is 19.8 Å². The molecular formula is C35H42ClN3O6. The van der Waals surface area contributed by atoms with E-state index in [-0.39, 0.29) is 5.91 Å². The topological polar surface area (TPSA) is 89.6 Å². The Bertz CT molecular complexity index is 1470. The highest BCUT2D eigenvalue weighted by molar-refractivity contribution is 6.17. The first kappa shape index (κ1) is 32.6. The quantitative estimate of drug-likeness (QED) is 0.125. The molecule has 0 bridgehead atoms. The maximum Gasteiger partial charge on any atom is 0.340 e. The molecule has 0 aliphatic carbocycles. The van der Waals surface area contributed by atoms with E-state index in [9.17, 15) is 9.59 Å². The van der Waals surface area contributed by atoms with Crippen LogP contribution in [0.5, 0.6) is 11.5 Å². The van der Waals surface area contributed by atoms with E-state index < -0.39 is 11.6 Å². The predicted octanol–water partition coefficient (Wildman–Crippen LogP) is 5.95. The second-order valence-electron chi connectivity index (χ2n) is 11.7. The normalized spacial score (nSPS) is 13.8. The number of hydrogen-bond donors (Lipinski definition) is 1. The van der Waals surface area contributed by atoms with E-state index in [2.05, 4.69) is 5.32 Å². The second kappa shape index (κ2) is 14.5. The van der Waals surface area contributed by atoms with Gasteiger partial charge in [-0.05, 0) is 55.3 Å². The molecule has 1 N–H and O–H groups in total. The average molecular weight is 636 g/mol. The molecule has 1 spiro atoms. The van der Waals surface area contributed by atoms with Crippen molar-refractivity contribution in [2.24, 2.45) is 0 Å². The Kier molecular flexibility index (Phi) is 10.5. The van der Waals surface area contributed by atoms with Gasteiger partial charge in [0.15, 0.2) is 5.60 Å². The van der Waals surface area contributed by atoms with E-state index in [1.165, 1.54) is 0 Å². The average Bonchev–Trinajstić information content (AvgIpc) is 3.32. The third-order valence-electron chi connectivity index (χ3n) is 8.14. The van der Waals surface area contributed by atoms with Crippen molar-refractivity contribution in [3.63, 3.8) is 0 Å². The van der Waals surface area contributed by atoms with Gasteiger partial charge >= 0.3 is 5.97 Å². The number of carbonyl (C=O) groups excluding carboxylic acids is 2. The third kappa shape index (κ3) is 6.90. The fourth-order valence-electron chi connectivity index (χ4n) is 5.71. The third-order valence-corrected chi connectivity index (χ3v) is 8.41. The van der Waals surface area contributed by atoms with Crippen molar-refractivity contribution >= 4 is 34.9 Å². The largest absolute Gasteiger partial charge is 0.456 e. The number of rotatable bonds is 15. The molecule has 0 radical (unpaired) electrons. The van der Waals surface area contributed by atoms with Gasteiger partial charge < -0.3 is 34.1 Å². The summed E-state index contributed by atoms with van der Waals surface area (Å²) < 4.78 is 24.0. The number of esters is 1. The van der Waals surface area contributed by atoms with Crippen molar-refractivity contribution in [3.05, 3.63) is 82.4 Å². The van der Waals surface area contributed by atoms with Gasteiger partial charge in [0.1, 0.15) is 11.5 Å². The SMILES string of the molecule is CN(C)c1ccc2c(c1)Oc1cc(N(C)C)ccc1C21OC(=O)c2ccc(C(=O)NCCOCCOCCCCCCCl)cc21. The van der Waals surface area contributed by atoms with Crippen LogP contribution < -0.4 is 19.9 Å². The molecule has 45 heavy (non-hydrogen) atoms. The maximum atomic E-state index is 13.4. The fraction of sp³-hybridized carbons (Fsp3) is 0.429. The Hall–Kier alpha value is -3.79. The molecule has 0 atom stereocenters. The van der Waals surface area contributed by atoms with Crippen molar-refractivity contribution in [1.29, 1.82) is 0 Å². The number of ether oxygens (including phenoxy) is 4. The zero-order valence-corrected chi connectivity index (χ0v) is 27.2. The van der Waals surface area contributed by atoms with Gasteiger partial charge in [-0.1, -0.05) is 12.8 Å². The van der Waals surface area contributed by atoms with Gasteiger partial charge in [-0.25, -0.2) is 4.79 Å². The summed E-state index contributed by atoms with van der Waals surface area (Å²) in [5.41, 5.74) is 3.48. The number of amides is 1. The predicted molar refractivity (Wildman–Crippen MR) is 177 cm³/mol. The van der Waals surface area contributed by atoms with Crippen LogP contribution in [0.4, 0.5) is 11.4 Å². The molecule has 240 valence electrons. The molecule has 5 rings (SSSR count). The number of fused-ring (bicyclic) bond motifs is 6. The molecule has 0 unspecified atom stereocenters. The van der Waals surface area contributed by atoms with Crippen LogP contribution in [0, 0.1) is 0 Å². The first-order valence-electron chi connectivity index (χ1n) is 15.5. The number of alkyl halides is 1. The van der Waals surface area contributed by atoms with Gasteiger partial charge in [0.2, 0.25) is 0 Å². The first-order chi connectivity index (χ1) is 21.8. The first-order valence-corrected chi connectivity index (χ1v) is 16.0. The summed E-state index contributed by atoms with van der Waals surface area (Å²) >= 11 is 5.70. The van der Waals surface area contributed by atoms with E-state index in [0.717, 1.165) is 37.1 Å². The van der Waals surface area contributed by atoms with Crippen LogP contribution in [-0.4, -0.2) is 78.9 Å². The zero-order valence-electron chi connectivity index (χ0n) is 26.5. The number of nitrogens with one attached hydrogen (secondary N) is 1. The number of anilines is 2. The van der Waals surface area contributed by atoms with E-state index in [1.54, 1.807) is 18.2 Å². The van der Waals surface area contributed by atoms with Crippen molar-refractivity contribution in [3.8, 4) is 11.5 Å². The van der Waals surface area contributed by atoms with Crippen LogP contribution >= 0.6 is 11.6 Å². The smallest absolute Gasteiger partial charge is 0.340 e. The van der Waals surface area contributed by atoms with E-state index >= 15 is 0 Å². The summed E-state index contributed by atoms with van der Waals surface area (Å²) in [6.45, 7) is 2.40. The van der Waals surface area contributed by atoms with E-state index in [1.807, 2.05) is 74.4 Å². The minimum Gasteiger partial charge on any atom is -0.456 e. The molecule has 0 saturated heterocycles. The fourth-order valence-corrected chi connectivity index (χ4v) is 5.90. The number of carbonyl (C=O) groups is 2. The highest BCUT2D eigenvalue weighted by Gasteiger charge is 2.54. The van der Waals surface area contributed by atoms with E-state index in [0.29, 0.717) is 78.2 Å². The summed E-state index contributed by atoms with van der Waals surface area (Å²) in [7, 11) is 7.83. The number of unbranched alkanes of at least 4 members (excludes halogenated alkanes) is 3. The number of halogens is 1. The summed E-state index contributed by atoms with van der Waals surface area (Å²) in [5, 5.41) is 2.92. The Labute approximate surface area is 270 Å². The summed E-state index contributed by atoms with van der Waals surface area (Å²) in [4.78, 5) is 30.6. The Morgan fingerprint density at radius 2 is 1.40 bits per heavy atom. The summed E-state index contributed by atoms with van der Waals surface area (Å²) in [6, 6.07) is 16.8. The van der Waals surface area contributed by atoms with E-state index in [4.69, 9.17) is 30.5 Å². The molecule has 9 nitrogen and oxygen atoms in total. The molecule has 10 heteroatoms. The zero-order chi connectivity index (χ0) is 32.0. The number of benzene rings is 3. The van der Waals surface area contributed by atoms with Crippen molar-refractivity contribution in [2.45, 2.75) is 31.3 Å². The van der Waals surface area contributed by atoms with Gasteiger partial charge in [-0.15, -0.1) is 11.6 Å². The monoisotopic (exact) mass is 635 g/mol. The van der Waals surface area contributed by atoms with Crippen LogP contribution in [0.25, 0.3) is 0 Å². The molecule has 3 aromatic rings. The van der Waals surface area contributed by atoms with Crippen molar-refractivity contribution < 1.29 is 28.5 Å². The second-order valence-corrected chi connectivity index (χ2v) is 12.0. The highest BCUT2D eigenvalue weighted by atomic mass is 35.5. The van der Waals surface area contributed by atoms with Crippen LogP contribution in [0.1, 0.15) is 63.1 Å². The summed E-state index contributed by atoms with van der Waals surface area (Å²) in [5.74, 6) is 1.18. The Balaban J connectivity index is 1.32. The van der Waals surface area contributed by atoms with Gasteiger partial charge in [0.05, 0.1) is 25.4 Å². The molecule has 1 amide bonds. The molecular weight excluding hydrogens is 594 g/mol. The minimum atomic E-state index is -1.27. The molecule has 3 aromatic carbocycles. The molecule has 0 aromatic heterocycles. The lowest BCUT2D eigenvalue weighted by molar-refractivity contribution is 0.0224. The molecule has 2 aliphatic rings.